The maximum Gasteiger partial charge on any atom is 0.338 e. The van der Waals surface area contributed by atoms with Gasteiger partial charge in [-0.1, -0.05) is 11.8 Å². The first-order chi connectivity index (χ1) is 14.8. The lowest BCUT2D eigenvalue weighted by Crippen LogP contribution is -2.38. The molecule has 0 bridgehead atoms. The number of ether oxygens (including phenoxy) is 3. The molecular formula is C22H27N3O5S. The van der Waals surface area contributed by atoms with Crippen molar-refractivity contribution < 1.29 is 23.8 Å². The van der Waals surface area contributed by atoms with E-state index in [0.717, 1.165) is 5.70 Å². The topological polar surface area (TPSA) is 89.5 Å². The molecule has 0 radical (unpaired) electrons. The molecule has 166 valence electrons. The van der Waals surface area contributed by atoms with Gasteiger partial charge in [-0.25, -0.2) is 9.79 Å². The van der Waals surface area contributed by atoms with Crippen LogP contribution in [0.15, 0.2) is 45.6 Å². The SMILES string of the molecule is COC(=O)C1=C(C)N=C2SC=C(CC(=O)NC(C)C)N2[C@@H]1c1cc(OC)ccc1OC. The highest BCUT2D eigenvalue weighted by atomic mass is 32.2. The van der Waals surface area contributed by atoms with E-state index >= 15 is 0 Å². The van der Waals surface area contributed by atoms with Gasteiger partial charge < -0.3 is 24.4 Å². The standard InChI is InChI=1S/C22H27N3O5S/c1-12(2)23-18(26)9-14-11-31-22-24-13(3)19(21(27)30-6)20(25(14)22)16-10-15(28-4)7-8-17(16)29-5/h7-8,10-12,20H,9H2,1-6H3,(H,23,26)/t20-/m1/s1. The summed E-state index contributed by atoms with van der Waals surface area (Å²) < 4.78 is 16.1. The fraction of sp³-hybridized carbons (Fsp3) is 0.409. The molecule has 2 aliphatic rings. The number of carbonyl (C=O) groups is 2. The molecular weight excluding hydrogens is 418 g/mol. The normalized spacial score (nSPS) is 17.8. The van der Waals surface area contributed by atoms with Crippen LogP contribution in [0.1, 0.15) is 38.8 Å². The number of aliphatic imine (C=N–C) groups is 1. The molecule has 1 atom stereocenters. The third kappa shape index (κ3) is 4.56. The smallest absolute Gasteiger partial charge is 0.338 e. The van der Waals surface area contributed by atoms with Crippen LogP contribution in [0, 0.1) is 0 Å². The molecule has 2 aliphatic heterocycles. The highest BCUT2D eigenvalue weighted by Crippen LogP contribution is 2.47. The van der Waals surface area contributed by atoms with Crippen LogP contribution in [0.5, 0.6) is 11.5 Å². The summed E-state index contributed by atoms with van der Waals surface area (Å²) in [5.41, 5.74) is 2.40. The van der Waals surface area contributed by atoms with Crippen LogP contribution >= 0.6 is 11.8 Å². The summed E-state index contributed by atoms with van der Waals surface area (Å²) >= 11 is 1.42. The number of nitrogens with one attached hydrogen (secondary N) is 1. The van der Waals surface area contributed by atoms with Crippen molar-refractivity contribution in [3.05, 3.63) is 46.1 Å². The zero-order valence-electron chi connectivity index (χ0n) is 18.5. The van der Waals surface area contributed by atoms with Crippen molar-refractivity contribution in [3.8, 4) is 11.5 Å². The van der Waals surface area contributed by atoms with Crippen molar-refractivity contribution in [2.45, 2.75) is 39.3 Å². The number of rotatable bonds is 7. The van der Waals surface area contributed by atoms with Gasteiger partial charge in [-0.2, -0.15) is 0 Å². The van der Waals surface area contributed by atoms with Crippen LogP contribution in [0.2, 0.25) is 0 Å². The second-order valence-corrected chi connectivity index (χ2v) is 8.23. The van der Waals surface area contributed by atoms with Gasteiger partial charge >= 0.3 is 5.97 Å². The number of amides is 1. The van der Waals surface area contributed by atoms with Crippen molar-refractivity contribution in [2.75, 3.05) is 21.3 Å². The van der Waals surface area contributed by atoms with Crippen molar-refractivity contribution in [1.29, 1.82) is 0 Å². The van der Waals surface area contributed by atoms with Crippen molar-refractivity contribution in [1.82, 2.24) is 10.2 Å². The molecule has 0 fully saturated rings. The molecule has 3 rings (SSSR count). The van der Waals surface area contributed by atoms with Gasteiger partial charge in [0.05, 0.1) is 45.1 Å². The Morgan fingerprint density at radius 1 is 1.23 bits per heavy atom. The van der Waals surface area contributed by atoms with Crippen LogP contribution in [-0.2, 0) is 14.3 Å². The molecule has 0 saturated heterocycles. The molecule has 0 saturated carbocycles. The number of methoxy groups -OCH3 is 3. The first-order valence-corrected chi connectivity index (χ1v) is 10.7. The number of benzene rings is 1. The number of fused-ring (bicyclic) bond motifs is 1. The first-order valence-electron chi connectivity index (χ1n) is 9.84. The van der Waals surface area contributed by atoms with E-state index in [1.165, 1.54) is 18.9 Å². The summed E-state index contributed by atoms with van der Waals surface area (Å²) in [6.45, 7) is 5.60. The Morgan fingerprint density at radius 2 is 1.97 bits per heavy atom. The Labute approximate surface area is 186 Å². The number of nitrogens with zero attached hydrogens (tertiary/aromatic N) is 2. The largest absolute Gasteiger partial charge is 0.497 e. The number of thioether (sulfide) groups is 1. The lowest BCUT2D eigenvalue weighted by Gasteiger charge is -2.36. The predicted octanol–water partition coefficient (Wildman–Crippen LogP) is 3.37. The summed E-state index contributed by atoms with van der Waals surface area (Å²) in [4.78, 5) is 31.9. The highest BCUT2D eigenvalue weighted by molar-refractivity contribution is 8.16. The lowest BCUT2D eigenvalue weighted by atomic mass is 9.93. The number of hydrogen-bond acceptors (Lipinski definition) is 8. The number of allylic oxidation sites excluding steroid dienone is 1. The van der Waals surface area contributed by atoms with Gasteiger partial charge in [0.2, 0.25) is 5.91 Å². The Kier molecular flexibility index (Phi) is 6.94. The summed E-state index contributed by atoms with van der Waals surface area (Å²) in [7, 11) is 4.49. The van der Waals surface area contributed by atoms with E-state index in [0.29, 0.717) is 33.5 Å². The van der Waals surface area contributed by atoms with Crippen LogP contribution in [0.3, 0.4) is 0 Å². The molecule has 8 nitrogen and oxygen atoms in total. The molecule has 0 unspecified atom stereocenters. The highest BCUT2D eigenvalue weighted by Gasteiger charge is 2.42. The van der Waals surface area contributed by atoms with E-state index in [4.69, 9.17) is 14.2 Å². The molecule has 0 aromatic heterocycles. The molecule has 1 aromatic carbocycles. The minimum Gasteiger partial charge on any atom is -0.497 e. The third-order valence-corrected chi connectivity index (χ3v) is 5.82. The Morgan fingerprint density at radius 3 is 2.58 bits per heavy atom. The van der Waals surface area contributed by atoms with E-state index in [9.17, 15) is 9.59 Å². The molecule has 2 heterocycles. The minimum atomic E-state index is -0.585. The van der Waals surface area contributed by atoms with Crippen LogP contribution < -0.4 is 14.8 Å². The second kappa shape index (κ2) is 9.47. The quantitative estimate of drug-likeness (QED) is 0.644. The van der Waals surface area contributed by atoms with E-state index in [1.807, 2.05) is 30.2 Å². The lowest BCUT2D eigenvalue weighted by molar-refractivity contribution is -0.136. The van der Waals surface area contributed by atoms with Gasteiger partial charge in [0.1, 0.15) is 11.5 Å². The Balaban J connectivity index is 2.13. The van der Waals surface area contributed by atoms with E-state index in [1.54, 1.807) is 33.3 Å². The monoisotopic (exact) mass is 445 g/mol. The van der Waals surface area contributed by atoms with Crippen LogP contribution in [-0.4, -0.2) is 49.3 Å². The molecule has 1 amide bonds. The van der Waals surface area contributed by atoms with Crippen molar-refractivity contribution in [3.63, 3.8) is 0 Å². The number of amidine groups is 1. The van der Waals surface area contributed by atoms with Crippen LogP contribution in [0.25, 0.3) is 0 Å². The van der Waals surface area contributed by atoms with Crippen LogP contribution in [0.4, 0.5) is 0 Å². The summed E-state index contributed by atoms with van der Waals surface area (Å²) in [5, 5.41) is 5.49. The average Bonchev–Trinajstić information content (AvgIpc) is 3.12. The minimum absolute atomic E-state index is 0.0266. The maximum absolute atomic E-state index is 12.8. The zero-order valence-corrected chi connectivity index (χ0v) is 19.3. The van der Waals surface area contributed by atoms with E-state index in [-0.39, 0.29) is 18.4 Å². The molecule has 0 spiro atoms. The summed E-state index contributed by atoms with van der Waals surface area (Å²) in [5.74, 6) is 0.615. The van der Waals surface area contributed by atoms with Crippen molar-refractivity contribution >= 4 is 28.8 Å². The number of hydrogen-bond donors (Lipinski definition) is 1. The van der Waals surface area contributed by atoms with E-state index < -0.39 is 12.0 Å². The fourth-order valence-corrected chi connectivity index (χ4v) is 4.59. The Bertz CT molecular complexity index is 983. The van der Waals surface area contributed by atoms with Gasteiger partial charge in [0, 0.05) is 17.3 Å². The Hall–Kier alpha value is -2.94. The second-order valence-electron chi connectivity index (χ2n) is 7.39. The zero-order chi connectivity index (χ0) is 22.7. The third-order valence-electron chi connectivity index (χ3n) is 4.93. The number of esters is 1. The van der Waals surface area contributed by atoms with E-state index in [2.05, 4.69) is 10.3 Å². The van der Waals surface area contributed by atoms with Gasteiger partial charge in [0.25, 0.3) is 0 Å². The average molecular weight is 446 g/mol. The summed E-state index contributed by atoms with van der Waals surface area (Å²) in [6, 6.07) is 4.86. The fourth-order valence-electron chi connectivity index (χ4n) is 3.63. The molecule has 1 aromatic rings. The van der Waals surface area contributed by atoms with Gasteiger partial charge in [-0.05, 0) is 44.4 Å². The van der Waals surface area contributed by atoms with Crippen molar-refractivity contribution in [2.24, 2.45) is 4.99 Å². The molecule has 31 heavy (non-hydrogen) atoms. The van der Waals surface area contributed by atoms with Gasteiger partial charge in [-0.3, -0.25) is 4.79 Å². The molecule has 0 aliphatic carbocycles. The molecule has 1 N–H and O–H groups in total. The molecule has 9 heteroatoms. The van der Waals surface area contributed by atoms with Gasteiger partial charge in [-0.15, -0.1) is 0 Å². The number of carbonyl (C=O) groups excluding carboxylic acids is 2. The predicted molar refractivity (Wildman–Crippen MR) is 120 cm³/mol. The maximum atomic E-state index is 12.8. The summed E-state index contributed by atoms with van der Waals surface area (Å²) in [6.07, 6.45) is 0.153. The first kappa shape index (κ1) is 22.7. The van der Waals surface area contributed by atoms with Gasteiger partial charge in [0.15, 0.2) is 5.17 Å².